The number of ether oxygens (including phenoxy) is 1. The molecular weight excluding hydrogens is 208 g/mol. The number of carbonyl (C=O) groups is 2. The average molecular weight is 221 g/mol. The van der Waals surface area contributed by atoms with Crippen molar-refractivity contribution in [3.8, 4) is 0 Å². The molecule has 1 aromatic carbocycles. The minimum Gasteiger partial charge on any atom is -0.445 e. The average Bonchev–Trinajstić information content (AvgIpc) is 2.27. The number of benzene rings is 1. The zero-order valence-corrected chi connectivity index (χ0v) is 8.90. The van der Waals surface area contributed by atoms with Gasteiger partial charge in [-0.3, -0.25) is 10.5 Å². The number of rotatable bonds is 4. The fraction of sp³-hybridized carbons (Fsp3) is 0.273. The molecule has 1 aromatic rings. The standard InChI is InChI=1S/C11H13N2O3/c1-8(10(12)14)13-11(15)16-7-9-5-3-2-4-6-9/h2-6,8,12H,7H2,1H3,(H,13,15)/t8-/m1/s1. The van der Waals surface area contributed by atoms with Crippen LogP contribution in [-0.2, 0) is 16.1 Å². The number of nitrogens with one attached hydrogen (secondary N) is 2. The van der Waals surface area contributed by atoms with Gasteiger partial charge in [-0.15, -0.1) is 0 Å². The SMILES string of the molecule is C[C@@H](NC(=O)OCc1ccccc1)C([NH])=O. The maximum Gasteiger partial charge on any atom is 0.408 e. The van der Waals surface area contributed by atoms with Crippen LogP contribution in [0.15, 0.2) is 30.3 Å². The van der Waals surface area contributed by atoms with Gasteiger partial charge in [-0.25, -0.2) is 4.79 Å². The lowest BCUT2D eigenvalue weighted by Gasteiger charge is -2.10. The summed E-state index contributed by atoms with van der Waals surface area (Å²) in [5, 5.41) is 2.25. The molecule has 2 N–H and O–H groups in total. The van der Waals surface area contributed by atoms with Crippen LogP contribution in [-0.4, -0.2) is 18.0 Å². The second-order valence-corrected chi connectivity index (χ2v) is 3.29. The highest BCUT2D eigenvalue weighted by molar-refractivity contribution is 5.83. The van der Waals surface area contributed by atoms with E-state index in [4.69, 9.17) is 10.5 Å². The molecule has 5 nitrogen and oxygen atoms in total. The van der Waals surface area contributed by atoms with E-state index in [9.17, 15) is 9.59 Å². The second kappa shape index (κ2) is 5.75. The van der Waals surface area contributed by atoms with Crippen molar-refractivity contribution in [2.24, 2.45) is 0 Å². The Labute approximate surface area is 93.6 Å². The molecule has 1 rings (SSSR count). The summed E-state index contributed by atoms with van der Waals surface area (Å²) in [4.78, 5) is 21.7. The third kappa shape index (κ3) is 4.00. The molecule has 5 heteroatoms. The Hall–Kier alpha value is -2.04. The normalized spacial score (nSPS) is 11.6. The topological polar surface area (TPSA) is 79.2 Å². The monoisotopic (exact) mass is 221 g/mol. The third-order valence-corrected chi connectivity index (χ3v) is 1.94. The van der Waals surface area contributed by atoms with Crippen LogP contribution in [0.3, 0.4) is 0 Å². The van der Waals surface area contributed by atoms with Gasteiger partial charge in [0.2, 0.25) is 0 Å². The van der Waals surface area contributed by atoms with E-state index in [1.165, 1.54) is 6.92 Å². The van der Waals surface area contributed by atoms with Crippen molar-refractivity contribution in [3.05, 3.63) is 35.9 Å². The highest BCUT2D eigenvalue weighted by atomic mass is 16.5. The van der Waals surface area contributed by atoms with Crippen LogP contribution in [0.1, 0.15) is 12.5 Å². The molecule has 1 atom stereocenters. The Balaban J connectivity index is 2.33. The number of hydrogen-bond acceptors (Lipinski definition) is 3. The summed E-state index contributed by atoms with van der Waals surface area (Å²) >= 11 is 0. The Morgan fingerprint density at radius 3 is 2.56 bits per heavy atom. The summed E-state index contributed by atoms with van der Waals surface area (Å²) < 4.78 is 4.86. The van der Waals surface area contributed by atoms with E-state index < -0.39 is 18.0 Å². The molecule has 1 radical (unpaired) electrons. The zero-order chi connectivity index (χ0) is 12.0. The number of alkyl carbamates (subject to hydrolysis) is 1. The summed E-state index contributed by atoms with van der Waals surface area (Å²) in [5.41, 5.74) is 7.63. The predicted octanol–water partition coefficient (Wildman–Crippen LogP) is 1.11. The van der Waals surface area contributed by atoms with E-state index in [1.54, 1.807) is 0 Å². The molecule has 85 valence electrons. The van der Waals surface area contributed by atoms with E-state index in [-0.39, 0.29) is 6.61 Å². The van der Waals surface area contributed by atoms with Gasteiger partial charge in [0, 0.05) is 0 Å². The zero-order valence-electron chi connectivity index (χ0n) is 8.90. The molecule has 0 aliphatic rings. The first-order valence-electron chi connectivity index (χ1n) is 4.82. The molecule has 0 heterocycles. The third-order valence-electron chi connectivity index (χ3n) is 1.94. The van der Waals surface area contributed by atoms with Crippen molar-refractivity contribution in [2.75, 3.05) is 0 Å². The quantitative estimate of drug-likeness (QED) is 0.827. The summed E-state index contributed by atoms with van der Waals surface area (Å²) in [6, 6.07) is 8.35. The van der Waals surface area contributed by atoms with Crippen molar-refractivity contribution in [2.45, 2.75) is 19.6 Å². The van der Waals surface area contributed by atoms with Gasteiger partial charge in [0.15, 0.2) is 0 Å². The van der Waals surface area contributed by atoms with E-state index >= 15 is 0 Å². The van der Waals surface area contributed by atoms with Crippen molar-refractivity contribution >= 4 is 12.0 Å². The lowest BCUT2D eigenvalue weighted by Crippen LogP contribution is -2.39. The lowest BCUT2D eigenvalue weighted by atomic mass is 10.2. The minimum absolute atomic E-state index is 0.144. The van der Waals surface area contributed by atoms with Gasteiger partial charge in [0.05, 0.1) is 0 Å². The van der Waals surface area contributed by atoms with Gasteiger partial charge in [-0.05, 0) is 12.5 Å². The van der Waals surface area contributed by atoms with Crippen molar-refractivity contribution in [1.29, 1.82) is 0 Å². The van der Waals surface area contributed by atoms with Gasteiger partial charge in [0.1, 0.15) is 12.6 Å². The first kappa shape index (κ1) is 12.0. The van der Waals surface area contributed by atoms with Crippen LogP contribution >= 0.6 is 0 Å². The Morgan fingerprint density at radius 1 is 1.38 bits per heavy atom. The maximum atomic E-state index is 11.2. The molecule has 0 bridgehead atoms. The molecule has 0 aliphatic heterocycles. The van der Waals surface area contributed by atoms with Crippen molar-refractivity contribution in [3.63, 3.8) is 0 Å². The number of carbonyl (C=O) groups excluding carboxylic acids is 2. The van der Waals surface area contributed by atoms with E-state index in [2.05, 4.69) is 5.32 Å². The van der Waals surface area contributed by atoms with Crippen LogP contribution in [0, 0.1) is 0 Å². The fourth-order valence-corrected chi connectivity index (χ4v) is 1.01. The molecule has 0 fully saturated rings. The smallest absolute Gasteiger partial charge is 0.408 e. The first-order valence-corrected chi connectivity index (χ1v) is 4.82. The summed E-state index contributed by atoms with van der Waals surface area (Å²) in [5.74, 6) is -0.850. The molecular formula is C11H13N2O3. The molecule has 0 aromatic heterocycles. The molecule has 16 heavy (non-hydrogen) atoms. The molecule has 0 spiro atoms. The minimum atomic E-state index is -0.850. The van der Waals surface area contributed by atoms with Gasteiger partial charge >= 0.3 is 6.09 Å². The number of amides is 2. The van der Waals surface area contributed by atoms with Gasteiger partial charge in [-0.2, -0.15) is 0 Å². The summed E-state index contributed by atoms with van der Waals surface area (Å²) in [6.45, 7) is 1.57. The van der Waals surface area contributed by atoms with Crippen LogP contribution in [0.4, 0.5) is 4.79 Å². The van der Waals surface area contributed by atoms with E-state index in [0.717, 1.165) is 5.56 Å². The molecule has 0 saturated carbocycles. The molecule has 2 amide bonds. The highest BCUT2D eigenvalue weighted by Gasteiger charge is 2.13. The van der Waals surface area contributed by atoms with Gasteiger partial charge in [0.25, 0.3) is 5.91 Å². The van der Waals surface area contributed by atoms with Crippen LogP contribution in [0.2, 0.25) is 0 Å². The van der Waals surface area contributed by atoms with Gasteiger partial charge < -0.3 is 10.1 Å². The first-order chi connectivity index (χ1) is 7.59. The molecule has 0 aliphatic carbocycles. The summed E-state index contributed by atoms with van der Waals surface area (Å²) in [7, 11) is 0. The fourth-order valence-electron chi connectivity index (χ4n) is 1.01. The van der Waals surface area contributed by atoms with Crippen molar-refractivity contribution < 1.29 is 14.3 Å². The Morgan fingerprint density at radius 2 is 2.00 bits per heavy atom. The highest BCUT2D eigenvalue weighted by Crippen LogP contribution is 2.00. The molecule has 0 saturated heterocycles. The predicted molar refractivity (Wildman–Crippen MR) is 57.3 cm³/mol. The molecule has 0 unspecified atom stereocenters. The van der Waals surface area contributed by atoms with Crippen LogP contribution in [0.25, 0.3) is 0 Å². The lowest BCUT2D eigenvalue weighted by molar-refractivity contribution is -0.120. The van der Waals surface area contributed by atoms with Crippen LogP contribution in [0.5, 0.6) is 0 Å². The van der Waals surface area contributed by atoms with Crippen LogP contribution < -0.4 is 11.1 Å². The Bertz CT molecular complexity index is 365. The van der Waals surface area contributed by atoms with Gasteiger partial charge in [-0.1, -0.05) is 30.3 Å². The van der Waals surface area contributed by atoms with Crippen molar-refractivity contribution in [1.82, 2.24) is 11.1 Å². The maximum absolute atomic E-state index is 11.2. The Kier molecular flexibility index (Phi) is 4.32. The van der Waals surface area contributed by atoms with E-state index in [1.807, 2.05) is 30.3 Å². The largest absolute Gasteiger partial charge is 0.445 e. The number of hydrogen-bond donors (Lipinski definition) is 1. The van der Waals surface area contributed by atoms with E-state index in [0.29, 0.717) is 0 Å². The summed E-state index contributed by atoms with van der Waals surface area (Å²) in [6.07, 6.45) is -0.697. The second-order valence-electron chi connectivity index (χ2n) is 3.29.